The summed E-state index contributed by atoms with van der Waals surface area (Å²) in [5.41, 5.74) is 5.23. The van der Waals surface area contributed by atoms with Crippen molar-refractivity contribution in [3.63, 3.8) is 0 Å². The summed E-state index contributed by atoms with van der Waals surface area (Å²) in [6, 6.07) is 12.1. The number of carbonyl (C=O) groups is 1. The number of hydrogen-bond acceptors (Lipinski definition) is 8. The van der Waals surface area contributed by atoms with E-state index in [4.69, 9.17) is 16.1 Å². The van der Waals surface area contributed by atoms with E-state index in [1.165, 1.54) is 49.6 Å². The Hall–Kier alpha value is -2.78. The number of nitrogens with zero attached hydrogens (tertiary/aromatic N) is 3. The molecule has 2 aromatic heterocycles. The largest absolute Gasteiger partial charge is 0.391 e. The zero-order chi connectivity index (χ0) is 28.2. The predicted octanol–water partition coefficient (Wildman–Crippen LogP) is 7.28. The number of halogens is 1. The second-order valence-electron chi connectivity index (χ2n) is 10.9. The van der Waals surface area contributed by atoms with Gasteiger partial charge in [0.1, 0.15) is 17.1 Å². The van der Waals surface area contributed by atoms with Crippen LogP contribution in [0.3, 0.4) is 0 Å². The van der Waals surface area contributed by atoms with Crippen molar-refractivity contribution < 1.29 is 19.2 Å². The van der Waals surface area contributed by atoms with Gasteiger partial charge in [-0.25, -0.2) is 0 Å². The molecule has 2 aliphatic carbocycles. The van der Waals surface area contributed by atoms with E-state index in [0.717, 1.165) is 63.5 Å². The Morgan fingerprint density at radius 3 is 2.50 bits per heavy atom. The standard InChI is InChI=1S/C15H16N2OS.C14H14ClNO2.C2H6O/c18-9-14-13-5-4-12(6-15(13)19-16-14)17-7-10-2-1-3-11(10)8-17;1-8-3-2-4-11(15)12(8)13-10(7-17)14(18-16-13)9-5-6-9;1-3-2/h4-6,9-11H,1-3,7-8H2;2-4,9,17H,5-7H2,1H3;1-2H3/t10-,11+;;. The van der Waals surface area contributed by atoms with Gasteiger partial charge in [-0.1, -0.05) is 35.3 Å². The Kier molecular flexibility index (Phi) is 9.20. The maximum atomic E-state index is 10.9. The normalized spacial score (nSPS) is 19.6. The van der Waals surface area contributed by atoms with Crippen molar-refractivity contribution in [2.45, 2.75) is 51.6 Å². The van der Waals surface area contributed by atoms with E-state index in [0.29, 0.717) is 22.3 Å². The van der Waals surface area contributed by atoms with E-state index in [1.54, 1.807) is 14.2 Å². The minimum absolute atomic E-state index is 0.0602. The summed E-state index contributed by atoms with van der Waals surface area (Å²) in [7, 11) is 3.25. The number of anilines is 1. The molecule has 2 atom stereocenters. The fraction of sp³-hybridized carbons (Fsp3) is 0.452. The van der Waals surface area contributed by atoms with Gasteiger partial charge in [-0.15, -0.1) is 0 Å². The van der Waals surface area contributed by atoms with Crippen LogP contribution in [0.25, 0.3) is 21.3 Å². The van der Waals surface area contributed by atoms with Crippen molar-refractivity contribution in [3.8, 4) is 11.3 Å². The number of ether oxygens (including phenoxy) is 1. The summed E-state index contributed by atoms with van der Waals surface area (Å²) in [4.78, 5) is 13.4. The maximum Gasteiger partial charge on any atom is 0.170 e. The molecule has 2 aromatic carbocycles. The van der Waals surface area contributed by atoms with Crippen LogP contribution in [0.5, 0.6) is 0 Å². The lowest BCUT2D eigenvalue weighted by molar-refractivity contribution is 0.112. The number of carbonyl (C=O) groups excluding carboxylic acids is 1. The molecular formula is C31H36ClN3O4S. The molecule has 0 spiro atoms. The quantitative estimate of drug-likeness (QED) is 0.248. The Labute approximate surface area is 244 Å². The topological polar surface area (TPSA) is 88.7 Å². The molecular weight excluding hydrogens is 546 g/mol. The van der Waals surface area contributed by atoms with Gasteiger partial charge >= 0.3 is 0 Å². The molecule has 40 heavy (non-hydrogen) atoms. The summed E-state index contributed by atoms with van der Waals surface area (Å²) < 4.78 is 15.0. The Bertz CT molecular complexity index is 1430. The Morgan fingerprint density at radius 1 is 1.15 bits per heavy atom. The molecule has 1 saturated heterocycles. The van der Waals surface area contributed by atoms with Crippen molar-refractivity contribution in [3.05, 3.63) is 64.0 Å². The third-order valence-corrected chi connectivity index (χ3v) is 9.21. The van der Waals surface area contributed by atoms with E-state index in [1.807, 2.05) is 31.2 Å². The van der Waals surface area contributed by atoms with Gasteiger partial charge < -0.3 is 19.3 Å². The second kappa shape index (κ2) is 12.8. The number of rotatable bonds is 5. The lowest BCUT2D eigenvalue weighted by Crippen LogP contribution is -2.20. The number of aliphatic hydroxyl groups excluding tert-OH is 1. The summed E-state index contributed by atoms with van der Waals surface area (Å²) >= 11 is 7.66. The summed E-state index contributed by atoms with van der Waals surface area (Å²) in [6.45, 7) is 4.33. The molecule has 0 radical (unpaired) electrons. The Morgan fingerprint density at radius 2 is 1.88 bits per heavy atom. The third-order valence-electron chi connectivity index (χ3n) is 8.07. The maximum absolute atomic E-state index is 10.9. The van der Waals surface area contributed by atoms with E-state index >= 15 is 0 Å². The molecule has 1 N–H and O–H groups in total. The number of fused-ring (bicyclic) bond motifs is 2. The fourth-order valence-electron chi connectivity index (χ4n) is 5.94. The molecule has 3 heterocycles. The molecule has 212 valence electrons. The zero-order valence-corrected chi connectivity index (χ0v) is 24.8. The predicted molar refractivity (Wildman–Crippen MR) is 161 cm³/mol. The highest BCUT2D eigenvalue weighted by molar-refractivity contribution is 7.13. The molecule has 4 aromatic rings. The molecule has 1 aliphatic heterocycles. The van der Waals surface area contributed by atoms with Crippen LogP contribution in [-0.2, 0) is 11.3 Å². The van der Waals surface area contributed by atoms with Crippen molar-refractivity contribution in [1.82, 2.24) is 9.53 Å². The highest BCUT2D eigenvalue weighted by Crippen LogP contribution is 2.45. The van der Waals surface area contributed by atoms with E-state index in [2.05, 4.69) is 31.3 Å². The number of benzene rings is 2. The molecule has 2 saturated carbocycles. The number of aryl methyl sites for hydroxylation is 1. The van der Waals surface area contributed by atoms with Gasteiger partial charge in [0.15, 0.2) is 6.29 Å². The van der Waals surface area contributed by atoms with Gasteiger partial charge in [-0.3, -0.25) is 4.79 Å². The first-order valence-corrected chi connectivity index (χ1v) is 15.0. The minimum Gasteiger partial charge on any atom is -0.391 e. The van der Waals surface area contributed by atoms with E-state index in [9.17, 15) is 9.90 Å². The van der Waals surface area contributed by atoms with Crippen molar-refractivity contribution in [1.29, 1.82) is 0 Å². The molecule has 0 unspecified atom stereocenters. The summed E-state index contributed by atoms with van der Waals surface area (Å²) in [5, 5.41) is 15.3. The molecule has 3 fully saturated rings. The van der Waals surface area contributed by atoms with Crippen LogP contribution in [0, 0.1) is 18.8 Å². The average molecular weight is 582 g/mol. The van der Waals surface area contributed by atoms with Crippen LogP contribution in [-0.4, -0.2) is 48.2 Å². The van der Waals surface area contributed by atoms with Gasteiger partial charge in [0.25, 0.3) is 0 Å². The van der Waals surface area contributed by atoms with Gasteiger partial charge in [0, 0.05) is 55.4 Å². The zero-order valence-electron chi connectivity index (χ0n) is 23.2. The smallest absolute Gasteiger partial charge is 0.170 e. The lowest BCUT2D eigenvalue weighted by Gasteiger charge is -2.19. The van der Waals surface area contributed by atoms with Crippen molar-refractivity contribution in [2.75, 3.05) is 32.2 Å². The van der Waals surface area contributed by atoms with Crippen molar-refractivity contribution >= 4 is 45.2 Å². The Balaban J connectivity index is 0.000000147. The highest BCUT2D eigenvalue weighted by atomic mass is 35.5. The second-order valence-corrected chi connectivity index (χ2v) is 12.1. The summed E-state index contributed by atoms with van der Waals surface area (Å²) in [5.74, 6) is 3.06. The molecule has 0 amide bonds. The van der Waals surface area contributed by atoms with Crippen LogP contribution in [0.4, 0.5) is 5.69 Å². The van der Waals surface area contributed by atoms with Crippen LogP contribution in [0.1, 0.15) is 65.4 Å². The molecule has 7 rings (SSSR count). The lowest BCUT2D eigenvalue weighted by atomic mass is 10.0. The average Bonchev–Trinajstić information content (AvgIpc) is 3.26. The van der Waals surface area contributed by atoms with Crippen LogP contribution in [0.15, 0.2) is 40.9 Å². The number of hydrogen-bond donors (Lipinski definition) is 1. The van der Waals surface area contributed by atoms with Gasteiger partial charge in [-0.2, -0.15) is 4.37 Å². The van der Waals surface area contributed by atoms with E-state index in [-0.39, 0.29) is 6.61 Å². The van der Waals surface area contributed by atoms with Gasteiger partial charge in [0.2, 0.25) is 0 Å². The molecule has 3 aliphatic rings. The van der Waals surface area contributed by atoms with E-state index < -0.39 is 0 Å². The number of aldehydes is 1. The highest BCUT2D eigenvalue weighted by Gasteiger charge is 2.36. The van der Waals surface area contributed by atoms with Gasteiger partial charge in [-0.05, 0) is 85.8 Å². The van der Waals surface area contributed by atoms with Crippen LogP contribution < -0.4 is 4.90 Å². The minimum atomic E-state index is -0.0602. The molecule has 9 heteroatoms. The van der Waals surface area contributed by atoms with Crippen molar-refractivity contribution in [2.24, 2.45) is 11.8 Å². The number of aromatic nitrogens is 2. The third kappa shape index (κ3) is 5.96. The van der Waals surface area contributed by atoms with Crippen LogP contribution in [0.2, 0.25) is 5.02 Å². The SMILES string of the molecule is COC.Cc1cccc(Cl)c1-c1noc(C2CC2)c1CO.O=Cc1nsc2cc(N3C[C@H]4CCC[C@H]4C3)ccc12. The first-order chi connectivity index (χ1) is 19.5. The first kappa shape index (κ1) is 28.7. The monoisotopic (exact) mass is 581 g/mol. The van der Waals surface area contributed by atoms with Crippen LogP contribution >= 0.6 is 23.1 Å². The number of aliphatic hydroxyl groups is 1. The number of methoxy groups -OCH3 is 1. The summed E-state index contributed by atoms with van der Waals surface area (Å²) in [6.07, 6.45) is 7.29. The fourth-order valence-corrected chi connectivity index (χ4v) is 7.04. The molecule has 0 bridgehead atoms. The first-order valence-electron chi connectivity index (χ1n) is 13.8. The van der Waals surface area contributed by atoms with Gasteiger partial charge in [0.05, 0.1) is 16.3 Å². The molecule has 7 nitrogen and oxygen atoms in total.